The molecule has 9 heteroatoms. The fraction of sp³-hybridized carbons (Fsp3) is 0.357. The van der Waals surface area contributed by atoms with Gasteiger partial charge in [0.05, 0.1) is 13.0 Å². The van der Waals surface area contributed by atoms with Crippen molar-refractivity contribution in [2.24, 2.45) is 5.10 Å². The molecule has 0 bridgehead atoms. The Morgan fingerprint density at radius 3 is 2.70 bits per heavy atom. The van der Waals surface area contributed by atoms with Crippen molar-refractivity contribution in [3.8, 4) is 0 Å². The molecule has 0 aromatic carbocycles. The van der Waals surface area contributed by atoms with Crippen LogP contribution in [0, 0.1) is 0 Å². The van der Waals surface area contributed by atoms with E-state index < -0.39 is 11.8 Å². The lowest BCUT2D eigenvalue weighted by atomic mass is 10.3. The number of ether oxygens (including phenoxy) is 1. The number of pyridine rings is 1. The molecule has 3 N–H and O–H groups in total. The first-order valence-electron chi connectivity index (χ1n) is 6.84. The zero-order chi connectivity index (χ0) is 17.1. The first-order chi connectivity index (χ1) is 11.0. The molecule has 0 atom stereocenters. The molecule has 0 fully saturated rings. The van der Waals surface area contributed by atoms with E-state index in [2.05, 4.69) is 26.1 Å². The minimum atomic E-state index is -0.949. The van der Waals surface area contributed by atoms with E-state index in [9.17, 15) is 14.4 Å². The van der Waals surface area contributed by atoms with Crippen LogP contribution >= 0.6 is 0 Å². The molecule has 0 unspecified atom stereocenters. The number of methoxy groups -OCH3 is 1. The summed E-state index contributed by atoms with van der Waals surface area (Å²) in [6, 6.07) is 4.90. The summed E-state index contributed by atoms with van der Waals surface area (Å²) in [7, 11) is 1.53. The van der Waals surface area contributed by atoms with Crippen LogP contribution in [0.2, 0.25) is 0 Å². The van der Waals surface area contributed by atoms with Crippen molar-refractivity contribution in [2.75, 3.05) is 25.6 Å². The van der Waals surface area contributed by atoms with Crippen molar-refractivity contribution in [2.45, 2.75) is 13.3 Å². The van der Waals surface area contributed by atoms with E-state index in [-0.39, 0.29) is 18.1 Å². The number of carbonyl (C=O) groups excluding carboxylic acids is 3. The lowest BCUT2D eigenvalue weighted by molar-refractivity contribution is -0.136. The quantitative estimate of drug-likeness (QED) is 0.275. The molecule has 124 valence electrons. The van der Waals surface area contributed by atoms with Gasteiger partial charge in [0.1, 0.15) is 5.82 Å². The third-order valence-electron chi connectivity index (χ3n) is 2.51. The van der Waals surface area contributed by atoms with Crippen molar-refractivity contribution in [1.82, 2.24) is 15.7 Å². The predicted octanol–water partition coefficient (Wildman–Crippen LogP) is -0.335. The highest BCUT2D eigenvalue weighted by atomic mass is 16.5. The van der Waals surface area contributed by atoms with Gasteiger partial charge in [0.25, 0.3) is 0 Å². The first-order valence-corrected chi connectivity index (χ1v) is 6.84. The highest BCUT2D eigenvalue weighted by Gasteiger charge is 2.13. The number of nitrogens with one attached hydrogen (secondary N) is 3. The first kappa shape index (κ1) is 18.2. The monoisotopic (exact) mass is 321 g/mol. The highest BCUT2D eigenvalue weighted by molar-refractivity contribution is 6.39. The molecule has 1 rings (SSSR count). The molecule has 1 aromatic rings. The maximum absolute atomic E-state index is 11.6. The number of amides is 3. The molecular formula is C14H19N5O4. The lowest BCUT2D eigenvalue weighted by Gasteiger charge is -2.05. The van der Waals surface area contributed by atoms with Gasteiger partial charge in [-0.1, -0.05) is 6.07 Å². The third kappa shape index (κ3) is 7.67. The molecular weight excluding hydrogens is 302 g/mol. The van der Waals surface area contributed by atoms with E-state index in [0.29, 0.717) is 18.9 Å². The molecule has 3 amide bonds. The summed E-state index contributed by atoms with van der Waals surface area (Å²) in [5.41, 5.74) is 2.44. The molecule has 0 aliphatic carbocycles. The van der Waals surface area contributed by atoms with Gasteiger partial charge in [0, 0.05) is 25.6 Å². The van der Waals surface area contributed by atoms with Gasteiger partial charge in [0.15, 0.2) is 0 Å². The second-order valence-electron chi connectivity index (χ2n) is 4.48. The van der Waals surface area contributed by atoms with E-state index >= 15 is 0 Å². The normalized spacial score (nSPS) is 10.8. The standard InChI is InChI=1S/C14H19N5O4/c1-10(9-12(20)16-7-8-23-2)18-19-14(22)13(21)17-11-5-3-4-6-15-11/h3-6H,7-9H2,1-2H3,(H,16,20)(H,19,22)(H,15,17,21). The molecule has 1 aromatic heterocycles. The van der Waals surface area contributed by atoms with Gasteiger partial charge in [-0.25, -0.2) is 10.4 Å². The van der Waals surface area contributed by atoms with Gasteiger partial charge in [-0.3, -0.25) is 14.4 Å². The van der Waals surface area contributed by atoms with Crippen LogP contribution in [0.3, 0.4) is 0 Å². The second kappa shape index (κ2) is 10.0. The van der Waals surface area contributed by atoms with Gasteiger partial charge < -0.3 is 15.4 Å². The number of carbonyl (C=O) groups is 3. The summed E-state index contributed by atoms with van der Waals surface area (Å²) in [4.78, 5) is 38.5. The van der Waals surface area contributed by atoms with Gasteiger partial charge in [-0.2, -0.15) is 5.10 Å². The summed E-state index contributed by atoms with van der Waals surface area (Å²) >= 11 is 0. The van der Waals surface area contributed by atoms with E-state index in [1.165, 1.54) is 13.3 Å². The Hall–Kier alpha value is -2.81. The van der Waals surface area contributed by atoms with Crippen LogP contribution in [0.4, 0.5) is 5.82 Å². The smallest absolute Gasteiger partial charge is 0.329 e. The SMILES string of the molecule is COCCNC(=O)CC(C)=NNC(=O)C(=O)Nc1ccccn1. The Balaban J connectivity index is 2.38. The number of hydrogen-bond donors (Lipinski definition) is 3. The number of hydrazone groups is 1. The Morgan fingerprint density at radius 1 is 1.26 bits per heavy atom. The molecule has 0 aliphatic heterocycles. The lowest BCUT2D eigenvalue weighted by Crippen LogP contribution is -2.34. The minimum Gasteiger partial charge on any atom is -0.383 e. The topological polar surface area (TPSA) is 122 Å². The molecule has 1 heterocycles. The van der Waals surface area contributed by atoms with Gasteiger partial charge in [-0.05, 0) is 19.1 Å². The van der Waals surface area contributed by atoms with Crippen LogP contribution in [0.15, 0.2) is 29.5 Å². The molecule has 0 saturated heterocycles. The molecule has 23 heavy (non-hydrogen) atoms. The van der Waals surface area contributed by atoms with Crippen molar-refractivity contribution < 1.29 is 19.1 Å². The second-order valence-corrected chi connectivity index (χ2v) is 4.48. The van der Waals surface area contributed by atoms with Crippen molar-refractivity contribution in [3.63, 3.8) is 0 Å². The fourth-order valence-electron chi connectivity index (χ4n) is 1.43. The minimum absolute atomic E-state index is 0.00581. The van der Waals surface area contributed by atoms with E-state index in [0.717, 1.165) is 0 Å². The van der Waals surface area contributed by atoms with Crippen LogP contribution in [-0.2, 0) is 19.1 Å². The zero-order valence-electron chi connectivity index (χ0n) is 13.0. The maximum Gasteiger partial charge on any atom is 0.329 e. The number of rotatable bonds is 7. The average Bonchev–Trinajstić information content (AvgIpc) is 2.53. The van der Waals surface area contributed by atoms with Crippen molar-refractivity contribution in [1.29, 1.82) is 0 Å². The fourth-order valence-corrected chi connectivity index (χ4v) is 1.43. The van der Waals surface area contributed by atoms with Gasteiger partial charge in [-0.15, -0.1) is 0 Å². The Kier molecular flexibility index (Phi) is 7.94. The number of aromatic nitrogens is 1. The Bertz CT molecular complexity index is 574. The van der Waals surface area contributed by atoms with E-state index in [4.69, 9.17) is 4.74 Å². The molecule has 0 spiro atoms. The summed E-state index contributed by atoms with van der Waals surface area (Å²) in [6.07, 6.45) is 1.49. The van der Waals surface area contributed by atoms with Crippen molar-refractivity contribution in [3.05, 3.63) is 24.4 Å². The maximum atomic E-state index is 11.6. The van der Waals surface area contributed by atoms with Crippen LogP contribution in [0.5, 0.6) is 0 Å². The van der Waals surface area contributed by atoms with Gasteiger partial charge in [0.2, 0.25) is 5.91 Å². The van der Waals surface area contributed by atoms with Crippen LogP contribution in [0.1, 0.15) is 13.3 Å². The summed E-state index contributed by atoms with van der Waals surface area (Å²) in [6.45, 7) is 2.36. The predicted molar refractivity (Wildman–Crippen MR) is 83.6 cm³/mol. The third-order valence-corrected chi connectivity index (χ3v) is 2.51. The molecule has 0 saturated carbocycles. The van der Waals surface area contributed by atoms with Crippen LogP contribution < -0.4 is 16.1 Å². The number of hydrogen-bond acceptors (Lipinski definition) is 6. The average molecular weight is 321 g/mol. The molecule has 9 nitrogen and oxygen atoms in total. The van der Waals surface area contributed by atoms with E-state index in [1.54, 1.807) is 25.1 Å². The Labute approximate surface area is 133 Å². The zero-order valence-corrected chi connectivity index (χ0v) is 13.0. The molecule has 0 aliphatic rings. The number of nitrogens with zero attached hydrogens (tertiary/aromatic N) is 2. The summed E-state index contributed by atoms with van der Waals surface area (Å²) < 4.78 is 4.80. The molecule has 0 radical (unpaired) electrons. The van der Waals surface area contributed by atoms with Crippen LogP contribution in [-0.4, -0.2) is 48.7 Å². The summed E-state index contributed by atoms with van der Waals surface area (Å²) in [5.74, 6) is -1.85. The number of anilines is 1. The van der Waals surface area contributed by atoms with Gasteiger partial charge >= 0.3 is 11.8 Å². The van der Waals surface area contributed by atoms with E-state index in [1.807, 2.05) is 0 Å². The van der Waals surface area contributed by atoms with Crippen molar-refractivity contribution >= 4 is 29.3 Å². The highest BCUT2D eigenvalue weighted by Crippen LogP contribution is 1.99. The Morgan fingerprint density at radius 2 is 2.04 bits per heavy atom. The summed E-state index contributed by atoms with van der Waals surface area (Å²) in [5, 5.41) is 8.63. The largest absolute Gasteiger partial charge is 0.383 e. The van der Waals surface area contributed by atoms with Crippen LogP contribution in [0.25, 0.3) is 0 Å².